The molecule has 3 rings (SSSR count). The number of nitrogens with zero attached hydrogens (tertiary/aromatic N) is 5. The van der Waals surface area contributed by atoms with Gasteiger partial charge in [-0.25, -0.2) is 9.13 Å². The molecule has 0 atom stereocenters. The summed E-state index contributed by atoms with van der Waals surface area (Å²) >= 11 is 0. The first kappa shape index (κ1) is 34.1. The van der Waals surface area contributed by atoms with Crippen molar-refractivity contribution in [3.8, 4) is 0 Å². The highest BCUT2D eigenvalue weighted by Gasteiger charge is 2.10. The number of azo groups is 1. The predicted octanol–water partition coefficient (Wildman–Crippen LogP) is 4.46. The SMILES string of the molecule is CC.C[NH2+]/C=C\N(C)CN.Cn1cc[n+](C)c1N=Nc1ccc(NCCCCCCNc2ccc(N)cc2)cc1. The minimum Gasteiger partial charge on any atom is -0.399 e. The van der Waals surface area contributed by atoms with Crippen LogP contribution in [0.5, 0.6) is 0 Å². The maximum Gasteiger partial charge on any atom is 0.421 e. The van der Waals surface area contributed by atoms with Crippen LogP contribution in [0, 0.1) is 0 Å². The van der Waals surface area contributed by atoms with Crippen molar-refractivity contribution in [3.05, 3.63) is 73.3 Å². The number of imidazole rings is 1. The smallest absolute Gasteiger partial charge is 0.399 e. The molecule has 1 aromatic heterocycles. The Hall–Kier alpha value is -3.89. The van der Waals surface area contributed by atoms with E-state index < -0.39 is 0 Å². The molecule has 0 aliphatic rings. The molecule has 8 N–H and O–H groups in total. The van der Waals surface area contributed by atoms with Crippen molar-refractivity contribution >= 4 is 28.7 Å². The Balaban J connectivity index is 0.000000689. The first-order chi connectivity index (χ1) is 19.4. The van der Waals surface area contributed by atoms with Gasteiger partial charge in [-0.2, -0.15) is 0 Å². The largest absolute Gasteiger partial charge is 0.421 e. The molecule has 0 bridgehead atoms. The van der Waals surface area contributed by atoms with Crippen molar-refractivity contribution in [1.29, 1.82) is 0 Å². The lowest BCUT2D eigenvalue weighted by Gasteiger charge is -2.08. The lowest BCUT2D eigenvalue weighted by molar-refractivity contribution is -0.657. The van der Waals surface area contributed by atoms with Gasteiger partial charge in [0.15, 0.2) is 0 Å². The number of unbranched alkanes of at least 4 members (excludes halogenated alkanes) is 3. The summed E-state index contributed by atoms with van der Waals surface area (Å²) < 4.78 is 3.88. The molecule has 0 spiro atoms. The fourth-order valence-electron chi connectivity index (χ4n) is 3.44. The standard InChI is InChI=1S/C23H31N7.C5H13N3.C2H6/c1-29-17-18-30(2)23(29)28-27-22-13-11-21(12-14-22)26-16-6-4-3-5-15-25-20-9-7-19(24)8-10-20;1-7-3-4-8(2)5-6;1-2/h7-14,17-18H,3-6,15-16H2,1-2H3,(H3,24,25,26,27);3-4,7H,5-6H2,1-2H3;1-2H3/p+2/b;4-3-;. The minimum atomic E-state index is 0.574. The quantitative estimate of drug-likeness (QED) is 0.0663. The number of aryl methyl sites for hydroxylation is 2. The lowest BCUT2D eigenvalue weighted by atomic mass is 10.2. The summed E-state index contributed by atoms with van der Waals surface area (Å²) in [6.07, 6.45) is 12.6. The van der Waals surface area contributed by atoms with Gasteiger partial charge >= 0.3 is 5.95 Å². The number of aromatic nitrogens is 2. The van der Waals surface area contributed by atoms with E-state index in [9.17, 15) is 0 Å². The highest BCUT2D eigenvalue weighted by Crippen LogP contribution is 2.19. The molecule has 1 heterocycles. The topological polar surface area (TPSA) is 129 Å². The molecule has 0 saturated heterocycles. The third-order valence-electron chi connectivity index (χ3n) is 5.76. The zero-order chi connectivity index (χ0) is 29.6. The van der Waals surface area contributed by atoms with Crippen molar-refractivity contribution < 1.29 is 9.88 Å². The maximum atomic E-state index is 5.70. The van der Waals surface area contributed by atoms with Gasteiger partial charge < -0.3 is 32.3 Å². The number of nitrogen functional groups attached to an aromatic ring is 1. The number of anilines is 3. The minimum absolute atomic E-state index is 0.574. The van der Waals surface area contributed by atoms with E-state index in [0.717, 1.165) is 48.2 Å². The summed E-state index contributed by atoms with van der Waals surface area (Å²) in [6, 6.07) is 16.0. The van der Waals surface area contributed by atoms with Crippen molar-refractivity contribution in [2.75, 3.05) is 50.2 Å². The van der Waals surface area contributed by atoms with E-state index in [2.05, 4.69) is 33.0 Å². The average molecular weight is 553 g/mol. The summed E-state index contributed by atoms with van der Waals surface area (Å²) in [7, 11) is 7.82. The van der Waals surface area contributed by atoms with Crippen LogP contribution in [-0.2, 0) is 14.1 Å². The number of benzene rings is 2. The highest BCUT2D eigenvalue weighted by atomic mass is 15.3. The van der Waals surface area contributed by atoms with Gasteiger partial charge in [-0.3, -0.25) is 0 Å². The van der Waals surface area contributed by atoms with Crippen LogP contribution in [-0.4, -0.2) is 43.3 Å². The van der Waals surface area contributed by atoms with E-state index in [-0.39, 0.29) is 0 Å². The van der Waals surface area contributed by atoms with Gasteiger partial charge in [0.05, 0.1) is 46.4 Å². The Morgan fingerprint density at radius 2 is 1.48 bits per heavy atom. The van der Waals surface area contributed by atoms with Gasteiger partial charge in [0.2, 0.25) is 0 Å². The molecule has 0 aliphatic carbocycles. The molecule has 0 fully saturated rings. The Kier molecular flexibility index (Phi) is 17.9. The molecule has 10 heteroatoms. The van der Waals surface area contributed by atoms with Crippen molar-refractivity contribution in [2.45, 2.75) is 39.5 Å². The summed E-state index contributed by atoms with van der Waals surface area (Å²) in [6.45, 7) is 6.55. The molecule has 0 unspecified atom stereocenters. The highest BCUT2D eigenvalue weighted by molar-refractivity contribution is 5.51. The number of quaternary nitrogens is 1. The van der Waals surface area contributed by atoms with Crippen LogP contribution in [0.1, 0.15) is 39.5 Å². The monoisotopic (exact) mass is 552 g/mol. The Morgan fingerprint density at radius 1 is 0.925 bits per heavy atom. The number of hydrogen-bond donors (Lipinski definition) is 5. The number of rotatable bonds is 14. The van der Waals surface area contributed by atoms with Gasteiger partial charge in [0.25, 0.3) is 0 Å². The van der Waals surface area contributed by atoms with E-state index >= 15 is 0 Å². The van der Waals surface area contributed by atoms with E-state index in [4.69, 9.17) is 11.5 Å². The summed E-state index contributed by atoms with van der Waals surface area (Å²) in [4.78, 5) is 1.90. The van der Waals surface area contributed by atoms with Crippen LogP contribution in [0.25, 0.3) is 0 Å². The van der Waals surface area contributed by atoms with E-state index in [1.165, 1.54) is 19.3 Å². The molecule has 220 valence electrons. The van der Waals surface area contributed by atoms with Crippen LogP contribution in [0.3, 0.4) is 0 Å². The number of nitrogens with two attached hydrogens (primary N) is 3. The van der Waals surface area contributed by atoms with E-state index in [1.807, 2.05) is 123 Å². The Morgan fingerprint density at radius 3 is 1.95 bits per heavy atom. The molecular formula is C30H52N10+2. The molecule has 2 aromatic carbocycles. The molecule has 0 saturated carbocycles. The second-order valence-electron chi connectivity index (χ2n) is 9.07. The normalized spacial score (nSPS) is 10.6. The molecule has 0 radical (unpaired) electrons. The molecule has 0 amide bonds. The average Bonchev–Trinajstić information content (AvgIpc) is 3.31. The zero-order valence-corrected chi connectivity index (χ0v) is 25.3. The first-order valence-electron chi connectivity index (χ1n) is 14.2. The Bertz CT molecular complexity index is 1070. The fourth-order valence-corrected chi connectivity index (χ4v) is 3.44. The zero-order valence-electron chi connectivity index (χ0n) is 25.3. The van der Waals surface area contributed by atoms with Gasteiger partial charge in [-0.15, -0.1) is 0 Å². The number of nitrogens with one attached hydrogen (secondary N) is 2. The second kappa shape index (κ2) is 21.0. The van der Waals surface area contributed by atoms with Gasteiger partial charge in [0.1, 0.15) is 11.9 Å². The van der Waals surface area contributed by atoms with E-state index in [0.29, 0.717) is 6.67 Å². The third-order valence-corrected chi connectivity index (χ3v) is 5.76. The molecular weight excluding hydrogens is 500 g/mol. The summed E-state index contributed by atoms with van der Waals surface area (Å²) in [5, 5.41) is 17.5. The molecule has 40 heavy (non-hydrogen) atoms. The van der Waals surface area contributed by atoms with Gasteiger partial charge in [0, 0.05) is 42.3 Å². The van der Waals surface area contributed by atoms with Crippen molar-refractivity contribution in [2.24, 2.45) is 30.1 Å². The summed E-state index contributed by atoms with van der Waals surface area (Å²) in [5.41, 5.74) is 14.9. The number of hydrogen-bond acceptors (Lipinski definition) is 7. The maximum absolute atomic E-state index is 5.70. The molecule has 0 aliphatic heterocycles. The first-order valence-corrected chi connectivity index (χ1v) is 14.2. The molecule has 10 nitrogen and oxygen atoms in total. The van der Waals surface area contributed by atoms with Crippen LogP contribution < -0.4 is 32.0 Å². The van der Waals surface area contributed by atoms with Crippen LogP contribution in [0.2, 0.25) is 0 Å². The second-order valence-corrected chi connectivity index (χ2v) is 9.07. The lowest BCUT2D eigenvalue weighted by Crippen LogP contribution is -2.72. The predicted molar refractivity (Wildman–Crippen MR) is 169 cm³/mol. The van der Waals surface area contributed by atoms with E-state index in [1.54, 1.807) is 0 Å². The summed E-state index contributed by atoms with van der Waals surface area (Å²) in [5.74, 6) is 0.806. The fraction of sp³-hybridized carbons (Fsp3) is 0.433. The van der Waals surface area contributed by atoms with Gasteiger partial charge in [-0.1, -0.05) is 31.8 Å². The molecule has 3 aromatic rings. The van der Waals surface area contributed by atoms with Crippen molar-refractivity contribution in [3.63, 3.8) is 0 Å². The van der Waals surface area contributed by atoms with Crippen molar-refractivity contribution in [1.82, 2.24) is 9.47 Å². The Labute approximate surface area is 241 Å². The van der Waals surface area contributed by atoms with Crippen LogP contribution in [0.15, 0.2) is 83.6 Å². The van der Waals surface area contributed by atoms with Gasteiger partial charge in [-0.05, 0) is 61.4 Å². The van der Waals surface area contributed by atoms with Crippen LogP contribution >= 0.6 is 0 Å². The third kappa shape index (κ3) is 14.3. The van der Waals surface area contributed by atoms with Crippen LogP contribution in [0.4, 0.5) is 28.7 Å².